The van der Waals surface area contributed by atoms with Gasteiger partial charge in [-0.05, 0) is 67.7 Å². The van der Waals surface area contributed by atoms with Gasteiger partial charge in [-0.25, -0.2) is 0 Å². The zero-order valence-corrected chi connectivity index (χ0v) is 12.8. The normalized spacial score (nSPS) is 28.5. The van der Waals surface area contributed by atoms with Crippen LogP contribution < -0.4 is 5.32 Å². The first kappa shape index (κ1) is 13.3. The van der Waals surface area contributed by atoms with Crippen LogP contribution in [0.1, 0.15) is 44.2 Å². The first-order valence-corrected chi connectivity index (χ1v) is 8.43. The third-order valence-corrected chi connectivity index (χ3v) is 5.34. The summed E-state index contributed by atoms with van der Waals surface area (Å²) in [5.74, 6) is 2.88. The van der Waals surface area contributed by atoms with Gasteiger partial charge in [0.1, 0.15) is 0 Å². The highest BCUT2D eigenvalue weighted by Crippen LogP contribution is 2.57. The Balaban J connectivity index is 1.63. The molecule has 2 aromatic rings. The Bertz CT molecular complexity index is 626. The predicted octanol–water partition coefficient (Wildman–Crippen LogP) is 4.32. The summed E-state index contributed by atoms with van der Waals surface area (Å²) in [5.41, 5.74) is 2.48. The highest BCUT2D eigenvalue weighted by Gasteiger charge is 2.48. The molecule has 0 bridgehead atoms. The van der Waals surface area contributed by atoms with E-state index in [0.717, 1.165) is 29.8 Å². The monoisotopic (exact) mass is 280 g/mol. The van der Waals surface area contributed by atoms with Crippen molar-refractivity contribution in [1.29, 1.82) is 0 Å². The topological polar surface area (TPSA) is 24.9 Å². The van der Waals surface area contributed by atoms with Crippen LogP contribution in [0.3, 0.4) is 0 Å². The molecule has 0 radical (unpaired) electrons. The highest BCUT2D eigenvalue weighted by atomic mass is 14.9. The summed E-state index contributed by atoms with van der Waals surface area (Å²) in [6, 6.07) is 11.3. The Morgan fingerprint density at radius 3 is 2.81 bits per heavy atom. The van der Waals surface area contributed by atoms with Crippen LogP contribution in [0.2, 0.25) is 0 Å². The summed E-state index contributed by atoms with van der Waals surface area (Å²) in [7, 11) is 0. The molecule has 1 aromatic carbocycles. The number of fused-ring (bicyclic) bond motifs is 2. The van der Waals surface area contributed by atoms with Gasteiger partial charge >= 0.3 is 0 Å². The van der Waals surface area contributed by atoms with Gasteiger partial charge in [-0.15, -0.1) is 0 Å². The second-order valence-corrected chi connectivity index (χ2v) is 6.88. The summed E-state index contributed by atoms with van der Waals surface area (Å²) in [4.78, 5) is 4.67. The Morgan fingerprint density at radius 2 is 2.00 bits per heavy atom. The second-order valence-electron chi connectivity index (χ2n) is 6.88. The molecule has 21 heavy (non-hydrogen) atoms. The van der Waals surface area contributed by atoms with Crippen molar-refractivity contribution in [1.82, 2.24) is 10.3 Å². The molecule has 4 rings (SSSR count). The minimum Gasteiger partial charge on any atom is -0.310 e. The Hall–Kier alpha value is -1.41. The van der Waals surface area contributed by atoms with Crippen molar-refractivity contribution in [3.8, 4) is 0 Å². The van der Waals surface area contributed by atoms with Crippen molar-refractivity contribution >= 4 is 10.9 Å². The minimum atomic E-state index is 0.495. The first-order valence-electron chi connectivity index (χ1n) is 8.43. The van der Waals surface area contributed by atoms with Crippen LogP contribution in [-0.2, 0) is 0 Å². The number of hydrogen-bond donors (Lipinski definition) is 1. The number of nitrogens with one attached hydrogen (secondary N) is 1. The van der Waals surface area contributed by atoms with Gasteiger partial charge < -0.3 is 5.32 Å². The fraction of sp³-hybridized carbons (Fsp3) is 0.526. The average Bonchev–Trinajstić information content (AvgIpc) is 3.14. The molecule has 1 aromatic heterocycles. The summed E-state index contributed by atoms with van der Waals surface area (Å²) in [6.45, 7) is 3.35. The van der Waals surface area contributed by atoms with Crippen LogP contribution in [0.4, 0.5) is 0 Å². The molecule has 1 N–H and O–H groups in total. The lowest BCUT2D eigenvalue weighted by molar-refractivity contribution is 0.341. The molecule has 3 atom stereocenters. The molecule has 2 aliphatic carbocycles. The summed E-state index contributed by atoms with van der Waals surface area (Å²) in [5, 5.41) is 5.06. The Labute approximate surface area is 127 Å². The van der Waals surface area contributed by atoms with Crippen LogP contribution in [0.25, 0.3) is 10.9 Å². The number of pyridine rings is 1. The number of para-hydroxylation sites is 1. The van der Waals surface area contributed by atoms with Crippen LogP contribution in [0, 0.1) is 17.8 Å². The molecule has 0 spiro atoms. The van der Waals surface area contributed by atoms with Crippen molar-refractivity contribution in [2.75, 3.05) is 6.54 Å². The maximum absolute atomic E-state index is 4.67. The number of benzene rings is 1. The molecule has 2 nitrogen and oxygen atoms in total. The molecule has 2 heteroatoms. The predicted molar refractivity (Wildman–Crippen MR) is 87.1 cm³/mol. The standard InChI is InChI=1S/C19H24N2/c1-2-7-20-19(16-10-14-9-15(14)11-16)17-8-13-5-3-4-6-18(13)21-12-17/h3-6,8,12,14-16,19-20H,2,7,9-11H2,1H3. The first-order chi connectivity index (χ1) is 10.3. The molecule has 2 fully saturated rings. The van der Waals surface area contributed by atoms with Crippen molar-refractivity contribution < 1.29 is 0 Å². The number of aromatic nitrogens is 1. The molecule has 2 aliphatic rings. The molecule has 0 amide bonds. The van der Waals surface area contributed by atoms with Crippen LogP contribution in [-0.4, -0.2) is 11.5 Å². The van der Waals surface area contributed by atoms with E-state index in [2.05, 4.69) is 53.8 Å². The molecule has 0 aliphatic heterocycles. The molecule has 110 valence electrons. The van der Waals surface area contributed by atoms with Gasteiger partial charge in [0.05, 0.1) is 5.52 Å². The molecule has 3 unspecified atom stereocenters. The van der Waals surface area contributed by atoms with Crippen LogP contribution in [0.5, 0.6) is 0 Å². The fourth-order valence-corrected chi connectivity index (χ4v) is 4.15. The van der Waals surface area contributed by atoms with Gasteiger partial charge in [0.15, 0.2) is 0 Å². The van der Waals surface area contributed by atoms with Crippen LogP contribution in [0.15, 0.2) is 36.5 Å². The lowest BCUT2D eigenvalue weighted by Gasteiger charge is -2.26. The van der Waals surface area contributed by atoms with E-state index in [1.807, 2.05) is 0 Å². The third kappa shape index (κ3) is 2.57. The van der Waals surface area contributed by atoms with Gasteiger partial charge in [0.25, 0.3) is 0 Å². The van der Waals surface area contributed by atoms with E-state index in [-0.39, 0.29) is 0 Å². The van der Waals surface area contributed by atoms with Gasteiger partial charge in [-0.3, -0.25) is 4.98 Å². The largest absolute Gasteiger partial charge is 0.310 e. The number of rotatable bonds is 5. The maximum Gasteiger partial charge on any atom is 0.0702 e. The minimum absolute atomic E-state index is 0.495. The van der Waals surface area contributed by atoms with E-state index >= 15 is 0 Å². The van der Waals surface area contributed by atoms with Crippen molar-refractivity contribution in [3.05, 3.63) is 42.1 Å². The second kappa shape index (κ2) is 5.42. The highest BCUT2D eigenvalue weighted by molar-refractivity contribution is 5.78. The van der Waals surface area contributed by atoms with E-state index in [4.69, 9.17) is 0 Å². The average molecular weight is 280 g/mol. The quantitative estimate of drug-likeness (QED) is 0.882. The number of nitrogens with zero attached hydrogens (tertiary/aromatic N) is 1. The van der Waals surface area contributed by atoms with Crippen molar-refractivity contribution in [2.24, 2.45) is 17.8 Å². The summed E-state index contributed by atoms with van der Waals surface area (Å²) in [6.07, 6.45) is 7.61. The van der Waals surface area contributed by atoms with E-state index in [1.54, 1.807) is 0 Å². The van der Waals surface area contributed by atoms with Crippen molar-refractivity contribution in [3.63, 3.8) is 0 Å². The zero-order valence-electron chi connectivity index (χ0n) is 12.8. The fourth-order valence-electron chi connectivity index (χ4n) is 4.15. The lowest BCUT2D eigenvalue weighted by Crippen LogP contribution is -2.28. The van der Waals surface area contributed by atoms with E-state index in [0.29, 0.717) is 6.04 Å². The SMILES string of the molecule is CCCNC(c1cnc2ccccc2c1)C1CC2CC2C1. The van der Waals surface area contributed by atoms with Gasteiger partial charge in [0.2, 0.25) is 0 Å². The Kier molecular flexibility index (Phi) is 3.42. The zero-order chi connectivity index (χ0) is 14.2. The molecule has 2 saturated carbocycles. The molecular weight excluding hydrogens is 256 g/mol. The van der Waals surface area contributed by atoms with Gasteiger partial charge in [-0.2, -0.15) is 0 Å². The van der Waals surface area contributed by atoms with Crippen LogP contribution >= 0.6 is 0 Å². The lowest BCUT2D eigenvalue weighted by atomic mass is 9.89. The van der Waals surface area contributed by atoms with E-state index < -0.39 is 0 Å². The summed E-state index contributed by atoms with van der Waals surface area (Å²) >= 11 is 0. The molecular formula is C19H24N2. The maximum atomic E-state index is 4.67. The van der Waals surface area contributed by atoms with Gasteiger partial charge in [-0.1, -0.05) is 25.1 Å². The number of hydrogen-bond acceptors (Lipinski definition) is 2. The van der Waals surface area contributed by atoms with Crippen molar-refractivity contribution in [2.45, 2.75) is 38.6 Å². The van der Waals surface area contributed by atoms with Gasteiger partial charge in [0, 0.05) is 17.6 Å². The Morgan fingerprint density at radius 1 is 1.19 bits per heavy atom. The third-order valence-electron chi connectivity index (χ3n) is 5.34. The molecule has 1 heterocycles. The van der Waals surface area contributed by atoms with E-state index in [9.17, 15) is 0 Å². The smallest absolute Gasteiger partial charge is 0.0702 e. The van der Waals surface area contributed by atoms with E-state index in [1.165, 1.54) is 36.6 Å². The molecule has 0 saturated heterocycles. The summed E-state index contributed by atoms with van der Waals surface area (Å²) < 4.78 is 0.